The fourth-order valence-corrected chi connectivity index (χ4v) is 9.79. The minimum absolute atomic E-state index is 0.0980. The largest absolute Gasteiger partial charge is 0.462 e. The first-order valence-corrected chi connectivity index (χ1v) is 35.0. The Morgan fingerprint density at radius 2 is 0.470 bits per heavy atom. The van der Waals surface area contributed by atoms with E-state index in [1.165, 1.54) is 141 Å². The van der Waals surface area contributed by atoms with Crippen LogP contribution in [0.3, 0.4) is 0 Å². The van der Waals surface area contributed by atoms with E-state index in [0.717, 1.165) is 148 Å². The topological polar surface area (TPSA) is 78.9 Å². The second-order valence-corrected chi connectivity index (χ2v) is 23.0. The summed E-state index contributed by atoms with van der Waals surface area (Å²) in [6, 6.07) is 0. The highest BCUT2D eigenvalue weighted by Gasteiger charge is 2.19. The average molecular weight is 1150 g/mol. The Bertz CT molecular complexity index is 1700. The third kappa shape index (κ3) is 68.5. The quantitative estimate of drug-likeness (QED) is 0.0261. The molecular formula is C77H130O6. The van der Waals surface area contributed by atoms with Gasteiger partial charge in [0.05, 0.1) is 0 Å². The summed E-state index contributed by atoms with van der Waals surface area (Å²) in [6.07, 6.45) is 98.0. The Morgan fingerprint density at radius 3 is 0.747 bits per heavy atom. The molecule has 0 fully saturated rings. The second-order valence-electron chi connectivity index (χ2n) is 23.0. The predicted octanol–water partition coefficient (Wildman–Crippen LogP) is 24.3. The minimum Gasteiger partial charge on any atom is -0.462 e. The van der Waals surface area contributed by atoms with Gasteiger partial charge in [-0.25, -0.2) is 0 Å². The van der Waals surface area contributed by atoms with Crippen LogP contribution in [0, 0.1) is 0 Å². The van der Waals surface area contributed by atoms with Crippen LogP contribution in [0.25, 0.3) is 0 Å². The molecule has 0 amide bonds. The van der Waals surface area contributed by atoms with Crippen LogP contribution in [0.5, 0.6) is 0 Å². The molecular weight excluding hydrogens is 1020 g/mol. The first kappa shape index (κ1) is 78.8. The van der Waals surface area contributed by atoms with Gasteiger partial charge in [-0.3, -0.25) is 14.4 Å². The van der Waals surface area contributed by atoms with Crippen LogP contribution in [0.2, 0.25) is 0 Å². The molecule has 1 atom stereocenters. The summed E-state index contributed by atoms with van der Waals surface area (Å²) in [4.78, 5) is 38.4. The van der Waals surface area contributed by atoms with E-state index in [4.69, 9.17) is 14.2 Å². The van der Waals surface area contributed by atoms with Crippen molar-refractivity contribution in [2.24, 2.45) is 0 Å². The van der Waals surface area contributed by atoms with E-state index in [9.17, 15) is 14.4 Å². The Labute approximate surface area is 513 Å². The molecule has 0 aliphatic rings. The second kappa shape index (κ2) is 70.3. The highest BCUT2D eigenvalue weighted by molar-refractivity contribution is 5.71. The number of allylic oxidation sites excluding steroid dienone is 20. The molecule has 0 saturated heterocycles. The highest BCUT2D eigenvalue weighted by atomic mass is 16.6. The van der Waals surface area contributed by atoms with Crippen LogP contribution in [-0.4, -0.2) is 37.2 Å². The summed E-state index contributed by atoms with van der Waals surface area (Å²) in [6.45, 7) is 6.41. The summed E-state index contributed by atoms with van der Waals surface area (Å²) in [5.74, 6) is -0.935. The molecule has 0 aromatic rings. The van der Waals surface area contributed by atoms with Crippen molar-refractivity contribution in [1.29, 1.82) is 0 Å². The molecule has 6 heteroatoms. The van der Waals surface area contributed by atoms with Gasteiger partial charge in [0.25, 0.3) is 0 Å². The van der Waals surface area contributed by atoms with E-state index < -0.39 is 6.10 Å². The number of rotatable bonds is 63. The van der Waals surface area contributed by atoms with Crippen LogP contribution >= 0.6 is 0 Å². The molecule has 0 N–H and O–H groups in total. The van der Waals surface area contributed by atoms with Crippen molar-refractivity contribution < 1.29 is 28.6 Å². The minimum atomic E-state index is -0.803. The van der Waals surface area contributed by atoms with E-state index in [1.807, 2.05) is 0 Å². The maximum Gasteiger partial charge on any atom is 0.306 e. The molecule has 0 aromatic heterocycles. The number of hydrogen-bond donors (Lipinski definition) is 0. The van der Waals surface area contributed by atoms with Crippen molar-refractivity contribution in [3.05, 3.63) is 122 Å². The fraction of sp³-hybridized carbons (Fsp3) is 0.701. The number of unbranched alkanes of at least 4 members (excludes halogenated alkanes) is 32. The van der Waals surface area contributed by atoms with Crippen LogP contribution in [0.15, 0.2) is 122 Å². The summed E-state index contributed by atoms with van der Waals surface area (Å²) in [5, 5.41) is 0. The summed E-state index contributed by atoms with van der Waals surface area (Å²) in [7, 11) is 0. The Balaban J connectivity index is 4.40. The Kier molecular flexibility index (Phi) is 66.7. The molecule has 0 aliphatic carbocycles. The van der Waals surface area contributed by atoms with Crippen molar-refractivity contribution in [3.8, 4) is 0 Å². The van der Waals surface area contributed by atoms with Crippen LogP contribution in [-0.2, 0) is 28.6 Å². The van der Waals surface area contributed by atoms with Crippen molar-refractivity contribution in [3.63, 3.8) is 0 Å². The van der Waals surface area contributed by atoms with Gasteiger partial charge in [-0.05, 0) is 109 Å². The summed E-state index contributed by atoms with van der Waals surface area (Å²) >= 11 is 0. The van der Waals surface area contributed by atoms with Gasteiger partial charge in [0, 0.05) is 19.3 Å². The SMILES string of the molecule is CC/C=C\C/C=C\C/C=C\C/C=C\C/C=C\C/C=C\C/C=C\CCCCCC(=O)OCC(COC(=O)CCCCCCC/C=C\C/C=C\C/C=C\CC)OC(=O)CCCCCCCCCCCCCCCCCCCCCCCCCCC. The zero-order chi connectivity index (χ0) is 59.9. The van der Waals surface area contributed by atoms with Crippen LogP contribution < -0.4 is 0 Å². The average Bonchev–Trinajstić information content (AvgIpc) is 3.49. The van der Waals surface area contributed by atoms with Crippen molar-refractivity contribution >= 4 is 17.9 Å². The van der Waals surface area contributed by atoms with Gasteiger partial charge < -0.3 is 14.2 Å². The molecule has 0 bridgehead atoms. The van der Waals surface area contributed by atoms with Crippen molar-refractivity contribution in [2.75, 3.05) is 13.2 Å². The van der Waals surface area contributed by atoms with E-state index in [2.05, 4.69) is 142 Å². The molecule has 0 spiro atoms. The lowest BCUT2D eigenvalue weighted by Gasteiger charge is -2.18. The summed E-state index contributed by atoms with van der Waals surface area (Å²) in [5.41, 5.74) is 0. The summed E-state index contributed by atoms with van der Waals surface area (Å²) < 4.78 is 16.9. The molecule has 6 nitrogen and oxygen atoms in total. The van der Waals surface area contributed by atoms with E-state index in [0.29, 0.717) is 19.3 Å². The van der Waals surface area contributed by atoms with Gasteiger partial charge in [0.1, 0.15) is 13.2 Å². The first-order chi connectivity index (χ1) is 41.0. The van der Waals surface area contributed by atoms with Gasteiger partial charge in [-0.2, -0.15) is 0 Å². The number of carbonyl (C=O) groups excluding carboxylic acids is 3. The van der Waals surface area contributed by atoms with Crippen molar-refractivity contribution in [2.45, 2.75) is 335 Å². The van der Waals surface area contributed by atoms with Gasteiger partial charge >= 0.3 is 17.9 Å². The Hall–Kier alpha value is -4.19. The lowest BCUT2D eigenvalue weighted by Crippen LogP contribution is -2.30. The normalized spacial score (nSPS) is 12.9. The third-order valence-electron chi connectivity index (χ3n) is 15.0. The molecule has 83 heavy (non-hydrogen) atoms. The van der Waals surface area contributed by atoms with E-state index in [1.54, 1.807) is 0 Å². The molecule has 474 valence electrons. The lowest BCUT2D eigenvalue weighted by atomic mass is 10.0. The third-order valence-corrected chi connectivity index (χ3v) is 15.0. The molecule has 0 aromatic carbocycles. The molecule has 0 rings (SSSR count). The zero-order valence-corrected chi connectivity index (χ0v) is 54.4. The standard InChI is InChI=1S/C77H130O6/c1-4-7-10-13-16-19-22-25-28-30-32-34-36-38-40-42-44-46-49-52-55-58-61-64-67-70-76(79)82-73-74(72-81-75(78)69-66-63-60-57-54-51-48-27-24-21-18-15-12-9-6-3)83-77(80)71-68-65-62-59-56-53-50-47-45-43-41-39-37-35-33-31-29-26-23-20-17-14-11-8-5-2/h7,9-10,12,16,18-19,21,25,27-28,32,34,38,40,44,46,48,52,55,74H,4-6,8,11,13-15,17,20,22-24,26,29-31,33,35-37,39,41-43,45,47,49-51,53-54,56-73H2,1-3H3/b10-7-,12-9-,19-16-,21-18-,28-25-,34-32-,40-38-,46-44-,48-27-,55-52-. The van der Waals surface area contributed by atoms with Crippen LogP contribution in [0.4, 0.5) is 0 Å². The number of esters is 3. The lowest BCUT2D eigenvalue weighted by molar-refractivity contribution is -0.167. The van der Waals surface area contributed by atoms with E-state index in [-0.39, 0.29) is 31.1 Å². The molecule has 1 unspecified atom stereocenters. The van der Waals surface area contributed by atoms with Gasteiger partial charge in [0.2, 0.25) is 0 Å². The fourth-order valence-electron chi connectivity index (χ4n) is 9.79. The maximum atomic E-state index is 13.0. The maximum absolute atomic E-state index is 13.0. The predicted molar refractivity (Wildman–Crippen MR) is 362 cm³/mol. The Morgan fingerprint density at radius 1 is 0.253 bits per heavy atom. The van der Waals surface area contributed by atoms with Gasteiger partial charge in [0.15, 0.2) is 6.10 Å². The number of ether oxygens (including phenoxy) is 3. The van der Waals surface area contributed by atoms with Gasteiger partial charge in [-0.1, -0.05) is 322 Å². The number of carbonyl (C=O) groups is 3. The van der Waals surface area contributed by atoms with Crippen LogP contribution in [0.1, 0.15) is 329 Å². The molecule has 0 heterocycles. The smallest absolute Gasteiger partial charge is 0.306 e. The molecule has 0 saturated carbocycles. The molecule has 0 radical (unpaired) electrons. The van der Waals surface area contributed by atoms with E-state index >= 15 is 0 Å². The van der Waals surface area contributed by atoms with Crippen molar-refractivity contribution in [1.82, 2.24) is 0 Å². The zero-order valence-electron chi connectivity index (χ0n) is 54.4. The monoisotopic (exact) mass is 1150 g/mol. The van der Waals surface area contributed by atoms with Gasteiger partial charge in [-0.15, -0.1) is 0 Å². The first-order valence-electron chi connectivity index (χ1n) is 35.0. The number of hydrogen-bond acceptors (Lipinski definition) is 6. The highest BCUT2D eigenvalue weighted by Crippen LogP contribution is 2.17. The molecule has 0 aliphatic heterocycles.